The van der Waals surface area contributed by atoms with Crippen molar-refractivity contribution in [2.75, 3.05) is 0 Å². The van der Waals surface area contributed by atoms with Crippen molar-refractivity contribution in [3.63, 3.8) is 0 Å². The molecule has 1 atom stereocenters. The highest BCUT2D eigenvalue weighted by Crippen LogP contribution is 2.22. The van der Waals surface area contributed by atoms with E-state index >= 15 is 0 Å². The van der Waals surface area contributed by atoms with Crippen LogP contribution in [0, 0.1) is 6.92 Å². The van der Waals surface area contributed by atoms with E-state index in [4.69, 9.17) is 4.42 Å². The number of hydrogen-bond donors (Lipinski definition) is 2. The van der Waals surface area contributed by atoms with Gasteiger partial charge in [-0.15, -0.1) is 0 Å². The van der Waals surface area contributed by atoms with E-state index in [0.29, 0.717) is 5.89 Å². The van der Waals surface area contributed by atoms with Gasteiger partial charge in [0.15, 0.2) is 5.69 Å². The Balaban J connectivity index is 1.81. The summed E-state index contributed by atoms with van der Waals surface area (Å²) >= 11 is 0. The lowest BCUT2D eigenvalue weighted by Gasteiger charge is -2.18. The molecule has 1 aromatic heterocycles. The average molecular weight is 350 g/mol. The summed E-state index contributed by atoms with van der Waals surface area (Å²) in [6.45, 7) is 1.87. The van der Waals surface area contributed by atoms with E-state index in [0.717, 1.165) is 16.7 Å². The molecule has 0 aliphatic heterocycles. The van der Waals surface area contributed by atoms with Crippen LogP contribution in [0.4, 0.5) is 0 Å². The highest BCUT2D eigenvalue weighted by molar-refractivity contribution is 5.93. The number of aliphatic carboxylic acids is 1. The van der Waals surface area contributed by atoms with Crippen molar-refractivity contribution < 1.29 is 19.1 Å². The molecule has 0 aliphatic carbocycles. The summed E-state index contributed by atoms with van der Waals surface area (Å²) in [5.74, 6) is -1.14. The third-order valence-electron chi connectivity index (χ3n) is 4.01. The lowest BCUT2D eigenvalue weighted by Crippen LogP contribution is -2.30. The summed E-state index contributed by atoms with van der Waals surface area (Å²) in [6, 6.07) is 15.9. The minimum absolute atomic E-state index is 0.104. The number of rotatable bonds is 6. The number of carboxylic acid groups (broad SMARTS) is 1. The summed E-state index contributed by atoms with van der Waals surface area (Å²) < 4.78 is 5.38. The maximum Gasteiger partial charge on any atom is 0.305 e. The zero-order valence-electron chi connectivity index (χ0n) is 14.2. The molecule has 1 heterocycles. The van der Waals surface area contributed by atoms with Gasteiger partial charge in [0, 0.05) is 5.56 Å². The monoisotopic (exact) mass is 350 g/mol. The summed E-state index contributed by atoms with van der Waals surface area (Å²) in [7, 11) is 0. The van der Waals surface area contributed by atoms with Gasteiger partial charge in [-0.05, 0) is 30.2 Å². The molecule has 1 amide bonds. The van der Waals surface area contributed by atoms with Crippen molar-refractivity contribution in [3.8, 4) is 11.5 Å². The fourth-order valence-electron chi connectivity index (χ4n) is 2.71. The van der Waals surface area contributed by atoms with E-state index in [-0.39, 0.29) is 12.1 Å². The number of carbonyl (C=O) groups excluding carboxylic acids is 1. The van der Waals surface area contributed by atoms with E-state index < -0.39 is 17.9 Å². The van der Waals surface area contributed by atoms with Crippen molar-refractivity contribution in [3.05, 3.63) is 77.7 Å². The Labute approximate surface area is 150 Å². The van der Waals surface area contributed by atoms with E-state index in [2.05, 4.69) is 10.3 Å². The predicted molar refractivity (Wildman–Crippen MR) is 95.6 cm³/mol. The van der Waals surface area contributed by atoms with Crippen LogP contribution >= 0.6 is 0 Å². The molecule has 0 bridgehead atoms. The highest BCUT2D eigenvalue weighted by Gasteiger charge is 2.22. The van der Waals surface area contributed by atoms with Gasteiger partial charge >= 0.3 is 5.97 Å². The first-order chi connectivity index (χ1) is 12.5. The normalized spacial score (nSPS) is 11.7. The largest absolute Gasteiger partial charge is 0.481 e. The Morgan fingerprint density at radius 1 is 1.12 bits per heavy atom. The third-order valence-corrected chi connectivity index (χ3v) is 4.01. The number of oxazole rings is 1. The molecular weight excluding hydrogens is 332 g/mol. The Kier molecular flexibility index (Phi) is 5.12. The minimum Gasteiger partial charge on any atom is -0.481 e. The SMILES string of the molecule is Cc1ccccc1C(CC(=O)O)NC(=O)c1coc(-c2ccccc2)n1. The number of amides is 1. The number of benzene rings is 2. The number of aromatic nitrogens is 1. The standard InChI is InChI=1S/C20H18N2O4/c1-13-7-5-6-10-15(13)16(11-18(23)24)21-19(25)17-12-26-20(22-17)14-8-3-2-4-9-14/h2-10,12,16H,11H2,1H3,(H,21,25)(H,23,24). The molecule has 132 valence electrons. The molecule has 3 aromatic rings. The molecule has 6 nitrogen and oxygen atoms in total. The van der Waals surface area contributed by atoms with Gasteiger partial charge in [-0.3, -0.25) is 9.59 Å². The van der Waals surface area contributed by atoms with Crippen LogP contribution in [0.25, 0.3) is 11.5 Å². The molecule has 6 heteroatoms. The van der Waals surface area contributed by atoms with Gasteiger partial charge in [-0.2, -0.15) is 0 Å². The topological polar surface area (TPSA) is 92.4 Å². The zero-order valence-corrected chi connectivity index (χ0v) is 14.2. The van der Waals surface area contributed by atoms with Crippen LogP contribution < -0.4 is 5.32 Å². The first-order valence-corrected chi connectivity index (χ1v) is 8.13. The summed E-state index contributed by atoms with van der Waals surface area (Å²) in [6.07, 6.45) is 1.05. The molecule has 0 saturated heterocycles. The third kappa shape index (κ3) is 3.97. The lowest BCUT2D eigenvalue weighted by atomic mass is 9.98. The predicted octanol–water partition coefficient (Wildman–Crippen LogP) is 3.60. The molecule has 0 saturated carbocycles. The average Bonchev–Trinajstić information content (AvgIpc) is 3.12. The molecular formula is C20H18N2O4. The van der Waals surface area contributed by atoms with Gasteiger partial charge in [0.05, 0.1) is 12.5 Å². The van der Waals surface area contributed by atoms with Gasteiger partial charge in [-0.1, -0.05) is 42.5 Å². The first kappa shape index (κ1) is 17.4. The van der Waals surface area contributed by atoms with Crippen LogP contribution in [0.5, 0.6) is 0 Å². The molecule has 0 spiro atoms. The zero-order chi connectivity index (χ0) is 18.5. The van der Waals surface area contributed by atoms with Crippen LogP contribution in [-0.4, -0.2) is 22.0 Å². The second-order valence-corrected chi connectivity index (χ2v) is 5.88. The number of carbonyl (C=O) groups is 2. The van der Waals surface area contributed by atoms with E-state index in [9.17, 15) is 14.7 Å². The van der Waals surface area contributed by atoms with Gasteiger partial charge in [0.1, 0.15) is 6.26 Å². The number of carboxylic acids is 1. The summed E-state index contributed by atoms with van der Waals surface area (Å²) in [5.41, 5.74) is 2.53. The first-order valence-electron chi connectivity index (χ1n) is 8.13. The van der Waals surface area contributed by atoms with E-state index in [1.807, 2.05) is 55.5 Å². The molecule has 0 aliphatic rings. The second kappa shape index (κ2) is 7.65. The van der Waals surface area contributed by atoms with Crippen molar-refractivity contribution in [1.82, 2.24) is 10.3 Å². The van der Waals surface area contributed by atoms with Crippen LogP contribution in [0.1, 0.15) is 34.1 Å². The fourth-order valence-corrected chi connectivity index (χ4v) is 2.71. The number of nitrogens with one attached hydrogen (secondary N) is 1. The Morgan fingerprint density at radius 2 is 1.81 bits per heavy atom. The number of hydrogen-bond acceptors (Lipinski definition) is 4. The van der Waals surface area contributed by atoms with Crippen LogP contribution in [0.2, 0.25) is 0 Å². The number of nitrogens with zero attached hydrogens (tertiary/aromatic N) is 1. The van der Waals surface area contributed by atoms with Crippen molar-refractivity contribution in [2.45, 2.75) is 19.4 Å². The Hall–Kier alpha value is -3.41. The number of aryl methyl sites for hydroxylation is 1. The molecule has 0 radical (unpaired) electrons. The van der Waals surface area contributed by atoms with Gasteiger partial charge < -0.3 is 14.8 Å². The van der Waals surface area contributed by atoms with Gasteiger partial charge in [0.25, 0.3) is 5.91 Å². The Morgan fingerprint density at radius 3 is 2.50 bits per heavy atom. The molecule has 26 heavy (non-hydrogen) atoms. The highest BCUT2D eigenvalue weighted by atomic mass is 16.4. The van der Waals surface area contributed by atoms with Crippen molar-refractivity contribution in [2.24, 2.45) is 0 Å². The van der Waals surface area contributed by atoms with Crippen molar-refractivity contribution in [1.29, 1.82) is 0 Å². The van der Waals surface area contributed by atoms with Gasteiger partial charge in [-0.25, -0.2) is 4.98 Å². The summed E-state index contributed by atoms with van der Waals surface area (Å²) in [5, 5.41) is 11.9. The molecule has 2 N–H and O–H groups in total. The van der Waals surface area contributed by atoms with Crippen LogP contribution in [0.15, 0.2) is 65.3 Å². The van der Waals surface area contributed by atoms with Crippen LogP contribution in [-0.2, 0) is 4.79 Å². The van der Waals surface area contributed by atoms with E-state index in [1.165, 1.54) is 6.26 Å². The fraction of sp³-hybridized carbons (Fsp3) is 0.150. The maximum absolute atomic E-state index is 12.5. The molecule has 1 unspecified atom stereocenters. The molecule has 0 fully saturated rings. The lowest BCUT2D eigenvalue weighted by molar-refractivity contribution is -0.137. The minimum atomic E-state index is -0.997. The summed E-state index contributed by atoms with van der Waals surface area (Å²) in [4.78, 5) is 28.0. The van der Waals surface area contributed by atoms with Gasteiger partial charge in [0.2, 0.25) is 5.89 Å². The quantitative estimate of drug-likeness (QED) is 0.709. The van der Waals surface area contributed by atoms with Crippen molar-refractivity contribution >= 4 is 11.9 Å². The Bertz CT molecular complexity index is 918. The smallest absolute Gasteiger partial charge is 0.305 e. The molecule has 3 rings (SSSR count). The maximum atomic E-state index is 12.5. The second-order valence-electron chi connectivity index (χ2n) is 5.88. The van der Waals surface area contributed by atoms with E-state index in [1.54, 1.807) is 6.07 Å². The van der Waals surface area contributed by atoms with Crippen LogP contribution in [0.3, 0.4) is 0 Å². The molecule has 2 aromatic carbocycles.